The van der Waals surface area contributed by atoms with Crippen molar-refractivity contribution >= 4 is 23.9 Å². The van der Waals surface area contributed by atoms with Gasteiger partial charge < -0.3 is 20.4 Å². The van der Waals surface area contributed by atoms with Crippen LogP contribution in [0.25, 0.3) is 0 Å². The van der Waals surface area contributed by atoms with E-state index in [0.717, 1.165) is 0 Å². The lowest BCUT2D eigenvalue weighted by Gasteiger charge is -2.22. The molecule has 0 unspecified atom stereocenters. The minimum Gasteiger partial charge on any atom is -0.478 e. The van der Waals surface area contributed by atoms with Crippen molar-refractivity contribution in [1.82, 2.24) is 0 Å². The maximum absolute atomic E-state index is 13.2. The molecule has 4 N–H and O–H groups in total. The standard InChI is InChI=1S/C12H4F6O8/c13-11(14,15)5-1(7(19)20)2(8(21)22)6(12(16,17)18)4(10(25)26)3(5)9(23)24/h(H,19,20)(H,21,22)(H,23,24)(H,25,26). The van der Waals surface area contributed by atoms with Crippen LogP contribution in [-0.2, 0) is 12.4 Å². The van der Waals surface area contributed by atoms with Gasteiger partial charge in [0, 0.05) is 0 Å². The van der Waals surface area contributed by atoms with Crippen molar-refractivity contribution < 1.29 is 65.9 Å². The second kappa shape index (κ2) is 6.20. The van der Waals surface area contributed by atoms with Crippen LogP contribution in [0.1, 0.15) is 52.6 Å². The van der Waals surface area contributed by atoms with E-state index in [-0.39, 0.29) is 0 Å². The number of carboxylic acids is 4. The van der Waals surface area contributed by atoms with Crippen LogP contribution in [0.2, 0.25) is 0 Å². The zero-order valence-corrected chi connectivity index (χ0v) is 11.7. The Bertz CT molecular complexity index is 714. The molecule has 1 rings (SSSR count). The first kappa shape index (κ1) is 20.7. The van der Waals surface area contributed by atoms with E-state index in [1.165, 1.54) is 0 Å². The van der Waals surface area contributed by atoms with Crippen LogP contribution in [0.3, 0.4) is 0 Å². The predicted octanol–water partition coefficient (Wildman–Crippen LogP) is 2.52. The summed E-state index contributed by atoms with van der Waals surface area (Å²) in [6, 6.07) is 0. The van der Waals surface area contributed by atoms with Crippen LogP contribution in [0, 0.1) is 0 Å². The van der Waals surface area contributed by atoms with E-state index >= 15 is 0 Å². The van der Waals surface area contributed by atoms with Gasteiger partial charge in [-0.1, -0.05) is 0 Å². The van der Waals surface area contributed by atoms with E-state index in [1.54, 1.807) is 0 Å². The number of aromatic carboxylic acids is 4. The Hall–Kier alpha value is -3.32. The fourth-order valence-electron chi connectivity index (χ4n) is 2.17. The largest absolute Gasteiger partial charge is 0.478 e. The van der Waals surface area contributed by atoms with Crippen LogP contribution < -0.4 is 0 Å². The third kappa shape index (κ3) is 3.38. The summed E-state index contributed by atoms with van der Waals surface area (Å²) in [6.45, 7) is 0. The first-order valence-corrected chi connectivity index (χ1v) is 5.84. The molecule has 0 fully saturated rings. The minimum atomic E-state index is -6.00. The first-order chi connectivity index (χ1) is 11.5. The van der Waals surface area contributed by atoms with Crippen molar-refractivity contribution in [3.63, 3.8) is 0 Å². The second-order valence-electron chi connectivity index (χ2n) is 4.47. The van der Waals surface area contributed by atoms with Crippen molar-refractivity contribution in [1.29, 1.82) is 0 Å². The normalized spacial score (nSPS) is 11.9. The molecule has 0 radical (unpaired) electrons. The molecule has 1 aromatic carbocycles. The number of hydrogen-bond donors (Lipinski definition) is 4. The molecule has 0 spiro atoms. The molecule has 0 aliphatic carbocycles. The number of alkyl halides is 6. The van der Waals surface area contributed by atoms with Gasteiger partial charge in [0.15, 0.2) is 0 Å². The highest BCUT2D eigenvalue weighted by molar-refractivity contribution is 6.13. The van der Waals surface area contributed by atoms with Gasteiger partial charge in [-0.25, -0.2) is 19.2 Å². The van der Waals surface area contributed by atoms with Crippen molar-refractivity contribution in [2.24, 2.45) is 0 Å². The summed E-state index contributed by atoms with van der Waals surface area (Å²) in [4.78, 5) is 44.2. The van der Waals surface area contributed by atoms with Crippen molar-refractivity contribution in [2.75, 3.05) is 0 Å². The summed E-state index contributed by atoms with van der Waals surface area (Å²) in [7, 11) is 0. The number of hydrogen-bond acceptors (Lipinski definition) is 4. The monoisotopic (exact) mass is 390 g/mol. The maximum atomic E-state index is 13.2. The van der Waals surface area contributed by atoms with Gasteiger partial charge >= 0.3 is 36.2 Å². The molecule has 14 heteroatoms. The zero-order valence-electron chi connectivity index (χ0n) is 11.7. The summed E-state index contributed by atoms with van der Waals surface area (Å²) in [5.74, 6) is -11.4. The molecule has 0 aliphatic heterocycles. The molecule has 0 bridgehead atoms. The van der Waals surface area contributed by atoms with Crippen molar-refractivity contribution in [3.8, 4) is 0 Å². The fourth-order valence-corrected chi connectivity index (χ4v) is 2.17. The van der Waals surface area contributed by atoms with Crippen LogP contribution in [0.5, 0.6) is 0 Å². The lowest BCUT2D eigenvalue weighted by atomic mass is 9.85. The smallest absolute Gasteiger partial charge is 0.418 e. The molecule has 142 valence electrons. The predicted molar refractivity (Wildman–Crippen MR) is 64.3 cm³/mol. The quantitative estimate of drug-likeness (QED) is 0.573. The van der Waals surface area contributed by atoms with E-state index in [0.29, 0.717) is 0 Å². The molecule has 26 heavy (non-hydrogen) atoms. The average Bonchev–Trinajstić information content (AvgIpc) is 2.41. The maximum Gasteiger partial charge on any atom is 0.418 e. The molecular formula is C12H4F6O8. The van der Waals surface area contributed by atoms with E-state index in [2.05, 4.69) is 0 Å². The van der Waals surface area contributed by atoms with Crippen LogP contribution in [0.15, 0.2) is 0 Å². The number of carboxylic acid groups (broad SMARTS) is 4. The second-order valence-corrected chi connectivity index (χ2v) is 4.47. The topological polar surface area (TPSA) is 149 Å². The van der Waals surface area contributed by atoms with E-state index in [9.17, 15) is 45.5 Å². The van der Waals surface area contributed by atoms with Gasteiger partial charge in [-0.15, -0.1) is 0 Å². The molecule has 0 heterocycles. The first-order valence-electron chi connectivity index (χ1n) is 5.84. The fraction of sp³-hybridized carbons (Fsp3) is 0.167. The number of halogens is 6. The molecule has 8 nitrogen and oxygen atoms in total. The summed E-state index contributed by atoms with van der Waals surface area (Å²) >= 11 is 0. The van der Waals surface area contributed by atoms with E-state index in [4.69, 9.17) is 20.4 Å². The zero-order chi connectivity index (χ0) is 20.8. The minimum absolute atomic E-state index is 2.54. The van der Waals surface area contributed by atoms with Gasteiger partial charge in [0.25, 0.3) is 0 Å². The molecule has 0 atom stereocenters. The van der Waals surface area contributed by atoms with Crippen molar-refractivity contribution in [2.45, 2.75) is 12.4 Å². The van der Waals surface area contributed by atoms with Gasteiger partial charge in [-0.2, -0.15) is 26.3 Å². The average molecular weight is 390 g/mol. The highest BCUT2D eigenvalue weighted by Crippen LogP contribution is 2.44. The third-order valence-electron chi connectivity index (χ3n) is 2.92. The van der Waals surface area contributed by atoms with Gasteiger partial charge in [0.05, 0.1) is 33.4 Å². The number of benzene rings is 1. The highest BCUT2D eigenvalue weighted by atomic mass is 19.4. The molecular weight excluding hydrogens is 386 g/mol. The van der Waals surface area contributed by atoms with Gasteiger partial charge in [-0.05, 0) is 0 Å². The Labute approximate surface area is 136 Å². The van der Waals surface area contributed by atoms with Crippen LogP contribution in [-0.4, -0.2) is 44.3 Å². The van der Waals surface area contributed by atoms with Gasteiger partial charge in [0.2, 0.25) is 0 Å². The molecule has 1 aromatic rings. The Balaban J connectivity index is 4.61. The summed E-state index contributed by atoms with van der Waals surface area (Å²) < 4.78 is 78.9. The lowest BCUT2D eigenvalue weighted by Crippen LogP contribution is -2.30. The van der Waals surface area contributed by atoms with Gasteiger partial charge in [-0.3, -0.25) is 0 Å². The molecule has 0 saturated carbocycles. The Morgan fingerprint density at radius 2 is 0.654 bits per heavy atom. The van der Waals surface area contributed by atoms with Crippen molar-refractivity contribution in [3.05, 3.63) is 33.4 Å². The third-order valence-corrected chi connectivity index (χ3v) is 2.92. The van der Waals surface area contributed by atoms with Crippen LogP contribution >= 0.6 is 0 Å². The summed E-state index contributed by atoms with van der Waals surface area (Å²) in [5.41, 5.74) is -15.8. The Morgan fingerprint density at radius 3 is 0.731 bits per heavy atom. The highest BCUT2D eigenvalue weighted by Gasteiger charge is 2.51. The summed E-state index contributed by atoms with van der Waals surface area (Å²) in [6.07, 6.45) is -12.0. The molecule has 0 amide bonds. The molecule has 0 aromatic heterocycles. The number of carbonyl (C=O) groups is 4. The molecule has 0 aliphatic rings. The van der Waals surface area contributed by atoms with E-state index in [1.807, 2.05) is 0 Å². The Kier molecular flexibility index (Phi) is 4.94. The van der Waals surface area contributed by atoms with Gasteiger partial charge in [0.1, 0.15) is 0 Å². The van der Waals surface area contributed by atoms with E-state index < -0.39 is 69.6 Å². The number of rotatable bonds is 4. The van der Waals surface area contributed by atoms with Crippen LogP contribution in [0.4, 0.5) is 26.3 Å². The Morgan fingerprint density at radius 1 is 0.500 bits per heavy atom. The lowest BCUT2D eigenvalue weighted by molar-refractivity contribution is -0.142. The summed E-state index contributed by atoms with van der Waals surface area (Å²) in [5, 5.41) is 35.3. The SMILES string of the molecule is O=C(O)c1c(C(=O)O)c(C(F)(F)F)c(C(=O)O)c(C(=O)O)c1C(F)(F)F. The molecule has 0 saturated heterocycles.